The number of hydrogen-bond donors (Lipinski definition) is 2. The van der Waals surface area contributed by atoms with Crippen molar-refractivity contribution >= 4 is 23.5 Å². The van der Waals surface area contributed by atoms with Gasteiger partial charge >= 0.3 is 6.03 Å². The molecule has 2 N–H and O–H groups in total. The third kappa shape index (κ3) is 3.99. The molecule has 0 spiro atoms. The van der Waals surface area contributed by atoms with Crippen LogP contribution in [0.3, 0.4) is 0 Å². The number of nitrogens with one attached hydrogen (secondary N) is 2. The van der Waals surface area contributed by atoms with Gasteiger partial charge < -0.3 is 15.4 Å². The zero-order chi connectivity index (χ0) is 16.1. The summed E-state index contributed by atoms with van der Waals surface area (Å²) in [5, 5.41) is 10.1. The fourth-order valence-corrected chi connectivity index (χ4v) is 4.63. The van der Waals surface area contributed by atoms with Gasteiger partial charge in [0.2, 0.25) is 0 Å². The van der Waals surface area contributed by atoms with E-state index < -0.39 is 0 Å². The molecule has 1 aromatic heterocycles. The average molecular weight is 339 g/mol. The van der Waals surface area contributed by atoms with E-state index in [1.54, 1.807) is 10.9 Å². The maximum Gasteiger partial charge on any atom is 0.319 e. The first-order valence-corrected chi connectivity index (χ1v) is 9.35. The van der Waals surface area contributed by atoms with Crippen LogP contribution >= 0.6 is 11.8 Å². The van der Waals surface area contributed by atoms with Gasteiger partial charge in [-0.05, 0) is 19.1 Å². The Kier molecular flexibility index (Phi) is 5.45. The summed E-state index contributed by atoms with van der Waals surface area (Å²) < 4.78 is 7.25. The lowest BCUT2D eigenvalue weighted by Gasteiger charge is -2.43. The highest BCUT2D eigenvalue weighted by Gasteiger charge is 2.40. The zero-order valence-electron chi connectivity index (χ0n) is 13.6. The minimum atomic E-state index is -0.162. The van der Waals surface area contributed by atoms with Crippen LogP contribution in [0.15, 0.2) is 12.4 Å². The van der Waals surface area contributed by atoms with Gasteiger partial charge in [-0.3, -0.25) is 9.58 Å². The lowest BCUT2D eigenvalue weighted by Crippen LogP contribution is -2.59. The van der Waals surface area contributed by atoms with Gasteiger partial charge in [0.15, 0.2) is 0 Å². The van der Waals surface area contributed by atoms with Crippen LogP contribution in [0.25, 0.3) is 0 Å². The molecular formula is C15H25N5O2S. The summed E-state index contributed by atoms with van der Waals surface area (Å²) in [4.78, 5) is 14.7. The van der Waals surface area contributed by atoms with Crippen molar-refractivity contribution in [1.29, 1.82) is 0 Å². The molecule has 2 aliphatic rings. The van der Waals surface area contributed by atoms with Gasteiger partial charge in [-0.25, -0.2) is 4.79 Å². The van der Waals surface area contributed by atoms with Crippen molar-refractivity contribution in [2.75, 3.05) is 49.7 Å². The number of anilines is 1. The second-order valence-electron chi connectivity index (χ2n) is 6.02. The van der Waals surface area contributed by atoms with Crippen LogP contribution < -0.4 is 10.6 Å². The zero-order valence-corrected chi connectivity index (χ0v) is 14.4. The van der Waals surface area contributed by atoms with E-state index in [-0.39, 0.29) is 11.6 Å². The number of rotatable bonds is 5. The number of thioether (sulfide) groups is 1. The number of ether oxygens (including phenoxy) is 1. The highest BCUT2D eigenvalue weighted by molar-refractivity contribution is 7.99. The van der Waals surface area contributed by atoms with E-state index in [9.17, 15) is 4.79 Å². The minimum Gasteiger partial charge on any atom is -0.379 e. The summed E-state index contributed by atoms with van der Waals surface area (Å²) in [6.07, 6.45) is 4.63. The number of hydrogen-bond acceptors (Lipinski definition) is 5. The third-order valence-corrected chi connectivity index (χ3v) is 5.79. The molecule has 3 heterocycles. The molecular weight excluding hydrogens is 314 g/mol. The molecule has 1 unspecified atom stereocenters. The summed E-state index contributed by atoms with van der Waals surface area (Å²) in [5.74, 6) is 2.23. The summed E-state index contributed by atoms with van der Waals surface area (Å²) in [7, 11) is 0. The largest absolute Gasteiger partial charge is 0.379 e. The Morgan fingerprint density at radius 1 is 1.48 bits per heavy atom. The van der Waals surface area contributed by atoms with Crippen molar-refractivity contribution in [1.82, 2.24) is 20.0 Å². The number of carbonyl (C=O) groups is 1. The van der Waals surface area contributed by atoms with Crippen molar-refractivity contribution < 1.29 is 9.53 Å². The van der Waals surface area contributed by atoms with Gasteiger partial charge in [0.1, 0.15) is 0 Å². The first kappa shape index (κ1) is 16.6. The predicted molar refractivity (Wildman–Crippen MR) is 92.0 cm³/mol. The van der Waals surface area contributed by atoms with E-state index in [2.05, 4.69) is 20.6 Å². The van der Waals surface area contributed by atoms with Crippen LogP contribution in [0.2, 0.25) is 0 Å². The predicted octanol–water partition coefficient (Wildman–Crippen LogP) is 1.23. The molecule has 0 radical (unpaired) electrons. The van der Waals surface area contributed by atoms with E-state index in [1.807, 2.05) is 24.9 Å². The molecule has 8 heteroatoms. The number of amides is 2. The van der Waals surface area contributed by atoms with Crippen LogP contribution in [-0.4, -0.2) is 70.6 Å². The Hall–Kier alpha value is -1.25. The maximum atomic E-state index is 12.2. The van der Waals surface area contributed by atoms with Crippen molar-refractivity contribution in [3.63, 3.8) is 0 Å². The smallest absolute Gasteiger partial charge is 0.319 e. The van der Waals surface area contributed by atoms with E-state index in [0.29, 0.717) is 6.54 Å². The molecule has 2 aliphatic heterocycles. The molecule has 0 bridgehead atoms. The topological polar surface area (TPSA) is 71.4 Å². The normalized spacial score (nSPS) is 25.4. The van der Waals surface area contributed by atoms with Gasteiger partial charge in [0.05, 0.1) is 25.1 Å². The van der Waals surface area contributed by atoms with Crippen LogP contribution in [0, 0.1) is 0 Å². The van der Waals surface area contributed by atoms with E-state index >= 15 is 0 Å². The molecule has 7 nitrogen and oxygen atoms in total. The standard InChI is InChI=1S/C15H25N5O2S/c1-2-20-10-13(9-17-20)18-14(21)16-11-15(3-8-23-12-15)19-4-6-22-7-5-19/h9-10H,2-8,11-12H2,1H3,(H2,16,18,21). The van der Waals surface area contributed by atoms with Gasteiger partial charge in [-0.2, -0.15) is 16.9 Å². The summed E-state index contributed by atoms with van der Waals surface area (Å²) in [6.45, 7) is 6.96. The van der Waals surface area contributed by atoms with Crippen molar-refractivity contribution in [2.24, 2.45) is 0 Å². The van der Waals surface area contributed by atoms with Gasteiger partial charge in [0.25, 0.3) is 0 Å². The SMILES string of the molecule is CCn1cc(NC(=O)NCC2(N3CCOCC3)CCSC2)cn1. The van der Waals surface area contributed by atoms with Crippen LogP contribution in [-0.2, 0) is 11.3 Å². The van der Waals surface area contributed by atoms with Crippen LogP contribution in [0.4, 0.5) is 10.5 Å². The Morgan fingerprint density at radius 3 is 2.96 bits per heavy atom. The molecule has 2 saturated heterocycles. The average Bonchev–Trinajstić information content (AvgIpc) is 3.24. The lowest BCUT2D eigenvalue weighted by molar-refractivity contribution is -0.0123. The molecule has 2 amide bonds. The Bertz CT molecular complexity index is 524. The highest BCUT2D eigenvalue weighted by Crippen LogP contribution is 2.33. The molecule has 1 atom stereocenters. The summed E-state index contributed by atoms with van der Waals surface area (Å²) >= 11 is 1.97. The van der Waals surface area contributed by atoms with Gasteiger partial charge in [-0.1, -0.05) is 0 Å². The molecule has 0 aliphatic carbocycles. The van der Waals surface area contributed by atoms with Gasteiger partial charge in [-0.15, -0.1) is 0 Å². The van der Waals surface area contributed by atoms with E-state index in [1.165, 1.54) is 0 Å². The van der Waals surface area contributed by atoms with Crippen LogP contribution in [0.5, 0.6) is 0 Å². The number of nitrogens with zero attached hydrogens (tertiary/aromatic N) is 3. The first-order chi connectivity index (χ1) is 11.2. The number of morpholine rings is 1. The highest BCUT2D eigenvalue weighted by atomic mass is 32.2. The summed E-state index contributed by atoms with van der Waals surface area (Å²) in [5.41, 5.74) is 0.796. The van der Waals surface area contributed by atoms with Crippen molar-refractivity contribution in [3.8, 4) is 0 Å². The third-order valence-electron chi connectivity index (χ3n) is 4.56. The molecule has 23 heavy (non-hydrogen) atoms. The second-order valence-corrected chi connectivity index (χ2v) is 7.12. The van der Waals surface area contributed by atoms with Crippen molar-refractivity contribution in [3.05, 3.63) is 12.4 Å². The number of urea groups is 1. The lowest BCUT2D eigenvalue weighted by atomic mass is 9.95. The molecule has 3 rings (SSSR count). The van der Waals surface area contributed by atoms with Gasteiger partial charge in [0, 0.05) is 43.7 Å². The fourth-order valence-electron chi connectivity index (χ4n) is 3.16. The Balaban J connectivity index is 1.54. The number of aromatic nitrogens is 2. The molecule has 1 aromatic rings. The van der Waals surface area contributed by atoms with E-state index in [0.717, 1.165) is 56.5 Å². The quantitative estimate of drug-likeness (QED) is 0.844. The molecule has 0 aromatic carbocycles. The van der Waals surface area contributed by atoms with Crippen molar-refractivity contribution in [2.45, 2.75) is 25.4 Å². The maximum absolute atomic E-state index is 12.2. The fraction of sp³-hybridized carbons (Fsp3) is 0.733. The first-order valence-electron chi connectivity index (χ1n) is 8.20. The van der Waals surface area contributed by atoms with Crippen LogP contribution in [0.1, 0.15) is 13.3 Å². The molecule has 2 fully saturated rings. The Labute approximate surface area is 141 Å². The molecule has 128 valence electrons. The van der Waals surface area contributed by atoms with E-state index in [4.69, 9.17) is 4.74 Å². The Morgan fingerprint density at radius 2 is 2.30 bits per heavy atom. The second kappa shape index (κ2) is 7.55. The summed E-state index contributed by atoms with van der Waals surface area (Å²) in [6, 6.07) is -0.162. The monoisotopic (exact) mass is 339 g/mol. The minimum absolute atomic E-state index is 0.0688. The molecule has 0 saturated carbocycles. The number of aryl methyl sites for hydroxylation is 1. The number of carbonyl (C=O) groups excluding carboxylic acids is 1.